The number of amides is 1. The van der Waals surface area contributed by atoms with Gasteiger partial charge in [0.2, 0.25) is 5.91 Å². The molecule has 4 heterocycles. The Labute approximate surface area is 149 Å². The van der Waals surface area contributed by atoms with Crippen molar-refractivity contribution in [3.8, 4) is 11.1 Å². The summed E-state index contributed by atoms with van der Waals surface area (Å²) >= 11 is 1.70. The molecule has 8 heteroatoms. The molecule has 0 saturated carbocycles. The van der Waals surface area contributed by atoms with Crippen LogP contribution in [0.3, 0.4) is 0 Å². The van der Waals surface area contributed by atoms with E-state index >= 15 is 0 Å². The van der Waals surface area contributed by atoms with Gasteiger partial charge in [0.05, 0.1) is 18.2 Å². The number of nitrogens with one attached hydrogen (secondary N) is 2. The van der Waals surface area contributed by atoms with Crippen molar-refractivity contribution in [1.82, 2.24) is 29.4 Å². The molecule has 7 nitrogen and oxygen atoms in total. The minimum absolute atomic E-state index is 0.0368. The number of hydrogen-bond acceptors (Lipinski definition) is 5. The Bertz CT molecular complexity index is 911. The molecule has 1 saturated heterocycles. The summed E-state index contributed by atoms with van der Waals surface area (Å²) in [5.74, 6) is 0.0368. The standard InChI is InChI=1S/C17H20N6OS/c1-18-15(24)7-17(10-22(11-17)25-2)23-9-12(8-21-23)13-3-5-19-16-14(13)4-6-20-16/h3-6,8-9H,7,10-11H2,1-2H3,(H,18,24)(H,19,20). The average Bonchev–Trinajstić information content (AvgIpc) is 3.26. The van der Waals surface area contributed by atoms with Gasteiger partial charge in [-0.1, -0.05) is 11.9 Å². The van der Waals surface area contributed by atoms with Crippen LogP contribution >= 0.6 is 11.9 Å². The average molecular weight is 356 g/mol. The molecule has 1 amide bonds. The van der Waals surface area contributed by atoms with Crippen LogP contribution in [0.25, 0.3) is 22.2 Å². The van der Waals surface area contributed by atoms with Crippen LogP contribution < -0.4 is 5.32 Å². The highest BCUT2D eigenvalue weighted by Crippen LogP contribution is 2.37. The van der Waals surface area contributed by atoms with Crippen LogP contribution in [0.2, 0.25) is 0 Å². The molecule has 0 aliphatic carbocycles. The van der Waals surface area contributed by atoms with Crippen molar-refractivity contribution in [2.45, 2.75) is 12.0 Å². The van der Waals surface area contributed by atoms with Crippen molar-refractivity contribution in [2.24, 2.45) is 0 Å². The zero-order chi connectivity index (χ0) is 17.4. The van der Waals surface area contributed by atoms with Crippen molar-refractivity contribution in [2.75, 3.05) is 26.4 Å². The Morgan fingerprint density at radius 3 is 3.04 bits per heavy atom. The molecular formula is C17H20N6OS. The van der Waals surface area contributed by atoms with E-state index in [-0.39, 0.29) is 11.4 Å². The molecule has 3 aromatic rings. The van der Waals surface area contributed by atoms with Crippen LogP contribution in [0.15, 0.2) is 36.9 Å². The van der Waals surface area contributed by atoms with E-state index in [2.05, 4.69) is 30.9 Å². The minimum atomic E-state index is -0.286. The van der Waals surface area contributed by atoms with E-state index in [9.17, 15) is 4.79 Å². The SMILES string of the molecule is CNC(=O)CC1(n2cc(-c3ccnc4[nH]ccc34)cn2)CN(SC)C1. The van der Waals surface area contributed by atoms with Gasteiger partial charge in [-0.05, 0) is 24.0 Å². The molecule has 0 bridgehead atoms. The molecule has 2 N–H and O–H groups in total. The predicted octanol–water partition coefficient (Wildman–Crippen LogP) is 1.85. The van der Waals surface area contributed by atoms with E-state index in [4.69, 9.17) is 0 Å². The van der Waals surface area contributed by atoms with Gasteiger partial charge < -0.3 is 10.3 Å². The number of carbonyl (C=O) groups excluding carboxylic acids is 1. The number of hydrogen-bond donors (Lipinski definition) is 2. The van der Waals surface area contributed by atoms with Crippen molar-refractivity contribution in [3.05, 3.63) is 36.9 Å². The summed E-state index contributed by atoms with van der Waals surface area (Å²) in [5.41, 5.74) is 2.70. The molecule has 0 unspecified atom stereocenters. The van der Waals surface area contributed by atoms with Crippen LogP contribution in [-0.2, 0) is 10.3 Å². The third-order valence-corrected chi connectivity index (χ3v) is 5.58. The Morgan fingerprint density at radius 2 is 2.28 bits per heavy atom. The normalized spacial score (nSPS) is 16.7. The van der Waals surface area contributed by atoms with Gasteiger partial charge in [-0.15, -0.1) is 0 Å². The zero-order valence-corrected chi connectivity index (χ0v) is 15.0. The summed E-state index contributed by atoms with van der Waals surface area (Å²) in [6, 6.07) is 4.02. The van der Waals surface area contributed by atoms with Crippen LogP contribution in [-0.4, -0.2) is 56.4 Å². The number of pyridine rings is 1. The fraction of sp³-hybridized carbons (Fsp3) is 0.353. The Morgan fingerprint density at radius 1 is 1.44 bits per heavy atom. The zero-order valence-electron chi connectivity index (χ0n) is 14.2. The summed E-state index contributed by atoms with van der Waals surface area (Å²) in [6.07, 6.45) is 10.1. The monoisotopic (exact) mass is 356 g/mol. The third-order valence-electron chi connectivity index (χ3n) is 4.81. The summed E-state index contributed by atoms with van der Waals surface area (Å²) in [7, 11) is 1.68. The molecule has 0 spiro atoms. The second-order valence-electron chi connectivity index (χ2n) is 6.33. The molecule has 1 aliphatic rings. The molecule has 25 heavy (non-hydrogen) atoms. The maximum atomic E-state index is 12.0. The van der Waals surface area contributed by atoms with Crippen LogP contribution in [0.4, 0.5) is 0 Å². The van der Waals surface area contributed by atoms with Crippen molar-refractivity contribution in [3.63, 3.8) is 0 Å². The molecule has 0 aromatic carbocycles. The second-order valence-corrected chi connectivity index (χ2v) is 7.21. The van der Waals surface area contributed by atoms with Gasteiger partial charge >= 0.3 is 0 Å². The summed E-state index contributed by atoms with van der Waals surface area (Å²) in [6.45, 7) is 1.61. The highest BCUT2D eigenvalue weighted by atomic mass is 32.2. The maximum Gasteiger partial charge on any atom is 0.222 e. The second kappa shape index (κ2) is 6.20. The van der Waals surface area contributed by atoms with Gasteiger partial charge in [0, 0.05) is 49.7 Å². The highest BCUT2D eigenvalue weighted by molar-refractivity contribution is 7.96. The highest BCUT2D eigenvalue weighted by Gasteiger charge is 2.46. The van der Waals surface area contributed by atoms with Crippen LogP contribution in [0, 0.1) is 0 Å². The van der Waals surface area contributed by atoms with E-state index in [1.54, 1.807) is 25.2 Å². The fourth-order valence-corrected chi connectivity index (χ4v) is 4.14. The van der Waals surface area contributed by atoms with E-state index in [0.29, 0.717) is 6.42 Å². The van der Waals surface area contributed by atoms with Gasteiger partial charge in [0.1, 0.15) is 5.65 Å². The van der Waals surface area contributed by atoms with E-state index < -0.39 is 0 Å². The van der Waals surface area contributed by atoms with Gasteiger partial charge in [-0.25, -0.2) is 9.29 Å². The van der Waals surface area contributed by atoms with Gasteiger partial charge in [-0.2, -0.15) is 5.10 Å². The number of carbonyl (C=O) groups is 1. The van der Waals surface area contributed by atoms with E-state index in [1.165, 1.54) is 0 Å². The topological polar surface area (TPSA) is 78.8 Å². The number of rotatable bonds is 5. The third kappa shape index (κ3) is 2.71. The van der Waals surface area contributed by atoms with Crippen LogP contribution in [0.5, 0.6) is 0 Å². The first kappa shape index (κ1) is 16.2. The fourth-order valence-electron chi connectivity index (χ4n) is 3.40. The van der Waals surface area contributed by atoms with Gasteiger partial charge in [-0.3, -0.25) is 9.48 Å². The number of fused-ring (bicyclic) bond motifs is 1. The van der Waals surface area contributed by atoms with Crippen molar-refractivity contribution < 1.29 is 4.79 Å². The van der Waals surface area contributed by atoms with Crippen molar-refractivity contribution in [1.29, 1.82) is 0 Å². The van der Waals surface area contributed by atoms with E-state index in [0.717, 1.165) is 35.2 Å². The summed E-state index contributed by atoms with van der Waals surface area (Å²) in [5, 5.41) is 8.41. The quantitative estimate of drug-likeness (QED) is 0.682. The lowest BCUT2D eigenvalue weighted by Gasteiger charge is -2.48. The number of aromatic nitrogens is 4. The molecule has 1 fully saturated rings. The Hall–Kier alpha value is -2.32. The minimum Gasteiger partial charge on any atom is -0.359 e. The molecule has 1 aliphatic heterocycles. The van der Waals surface area contributed by atoms with Crippen LogP contribution in [0.1, 0.15) is 6.42 Å². The van der Waals surface area contributed by atoms with Gasteiger partial charge in [0.25, 0.3) is 0 Å². The lowest BCUT2D eigenvalue weighted by Crippen LogP contribution is -2.61. The Balaban J connectivity index is 1.69. The lowest BCUT2D eigenvalue weighted by atomic mass is 9.88. The molecule has 0 atom stereocenters. The van der Waals surface area contributed by atoms with Crippen molar-refractivity contribution >= 4 is 28.9 Å². The first-order valence-corrected chi connectivity index (χ1v) is 9.31. The lowest BCUT2D eigenvalue weighted by molar-refractivity contribution is -0.124. The molecular weight excluding hydrogens is 336 g/mol. The number of aromatic amines is 1. The summed E-state index contributed by atoms with van der Waals surface area (Å²) in [4.78, 5) is 19.5. The molecule has 0 radical (unpaired) electrons. The smallest absolute Gasteiger partial charge is 0.222 e. The molecule has 3 aromatic heterocycles. The first-order chi connectivity index (χ1) is 12.1. The number of nitrogens with zero attached hydrogens (tertiary/aromatic N) is 4. The van der Waals surface area contributed by atoms with Gasteiger partial charge in [0.15, 0.2) is 0 Å². The summed E-state index contributed by atoms with van der Waals surface area (Å²) < 4.78 is 4.20. The molecule has 4 rings (SSSR count). The maximum absolute atomic E-state index is 12.0. The number of H-pyrrole nitrogens is 1. The Kier molecular flexibility index (Phi) is 4.01. The molecule has 130 valence electrons. The first-order valence-electron chi connectivity index (χ1n) is 8.12. The largest absolute Gasteiger partial charge is 0.359 e. The predicted molar refractivity (Wildman–Crippen MR) is 99.1 cm³/mol. The van der Waals surface area contributed by atoms with E-state index in [1.807, 2.05) is 35.4 Å².